The molecule has 0 N–H and O–H groups in total. The van der Waals surface area contributed by atoms with Gasteiger partial charge in [0, 0.05) is 19.3 Å². The largest absolute Gasteiger partial charge is 0.462 e. The molecule has 0 aliphatic rings. The highest BCUT2D eigenvalue weighted by molar-refractivity contribution is 5.71. The van der Waals surface area contributed by atoms with Crippen LogP contribution >= 0.6 is 0 Å². The summed E-state index contributed by atoms with van der Waals surface area (Å²) in [5.41, 5.74) is 0. The number of ether oxygens (including phenoxy) is 3. The third kappa shape index (κ3) is 49.4. The molecule has 0 aliphatic carbocycles. The molecule has 1 atom stereocenters. The quantitative estimate of drug-likeness (QED) is 0.0344. The molecule has 0 radical (unpaired) electrons. The molecular weight excluding hydrogens is 769 g/mol. The maximum atomic E-state index is 12.8. The minimum Gasteiger partial charge on any atom is -0.462 e. The first kappa shape index (κ1) is 60.4. The van der Waals surface area contributed by atoms with E-state index in [9.17, 15) is 14.4 Å². The van der Waals surface area contributed by atoms with Crippen molar-refractivity contribution in [2.45, 2.75) is 317 Å². The second kappa shape index (κ2) is 48.9. The van der Waals surface area contributed by atoms with Gasteiger partial charge in [-0.1, -0.05) is 272 Å². The van der Waals surface area contributed by atoms with Crippen LogP contribution in [-0.2, 0) is 28.6 Å². The number of rotatable bonds is 50. The van der Waals surface area contributed by atoms with Crippen molar-refractivity contribution >= 4 is 17.9 Å². The Morgan fingerprint density at radius 2 is 0.532 bits per heavy atom. The van der Waals surface area contributed by atoms with E-state index in [1.807, 2.05) is 0 Å². The molecule has 0 aromatic carbocycles. The molecule has 6 nitrogen and oxygen atoms in total. The van der Waals surface area contributed by atoms with Crippen LogP contribution in [0.5, 0.6) is 0 Å². The van der Waals surface area contributed by atoms with Crippen LogP contribution in [0.15, 0.2) is 0 Å². The van der Waals surface area contributed by atoms with Gasteiger partial charge in [0.05, 0.1) is 0 Å². The maximum absolute atomic E-state index is 12.8. The summed E-state index contributed by atoms with van der Waals surface area (Å²) in [6.07, 6.45) is 50.9. The van der Waals surface area contributed by atoms with Gasteiger partial charge in [-0.3, -0.25) is 14.4 Å². The first-order chi connectivity index (χ1) is 30.2. The fraction of sp³-hybridized carbons (Fsp3) is 0.946. The average Bonchev–Trinajstić information content (AvgIpc) is 3.24. The number of hydrogen-bond acceptors (Lipinski definition) is 6. The van der Waals surface area contributed by atoms with Crippen LogP contribution in [0.25, 0.3) is 0 Å². The minimum absolute atomic E-state index is 0.0634. The van der Waals surface area contributed by atoms with Crippen molar-refractivity contribution in [1.82, 2.24) is 0 Å². The third-order valence-electron chi connectivity index (χ3n) is 12.7. The monoisotopic (exact) mass is 877 g/mol. The van der Waals surface area contributed by atoms with E-state index >= 15 is 0 Å². The molecule has 0 aliphatic heterocycles. The fourth-order valence-electron chi connectivity index (χ4n) is 8.52. The van der Waals surface area contributed by atoms with Gasteiger partial charge >= 0.3 is 17.9 Å². The lowest BCUT2D eigenvalue weighted by Crippen LogP contribution is -2.30. The zero-order valence-electron chi connectivity index (χ0n) is 42.5. The molecule has 0 saturated heterocycles. The van der Waals surface area contributed by atoms with Crippen molar-refractivity contribution in [3.05, 3.63) is 0 Å². The Hall–Kier alpha value is -1.59. The smallest absolute Gasteiger partial charge is 0.306 e. The first-order valence-corrected chi connectivity index (χ1v) is 27.7. The van der Waals surface area contributed by atoms with Crippen molar-refractivity contribution in [2.24, 2.45) is 11.8 Å². The number of unbranched alkanes of at least 4 members (excludes halogenated alkanes) is 35. The summed E-state index contributed by atoms with van der Waals surface area (Å²) in [4.78, 5) is 38.0. The molecule has 0 aromatic heterocycles. The number of esters is 3. The first-order valence-electron chi connectivity index (χ1n) is 27.7. The Balaban J connectivity index is 4.30. The average molecular weight is 877 g/mol. The van der Waals surface area contributed by atoms with E-state index in [0.29, 0.717) is 19.3 Å². The summed E-state index contributed by atoms with van der Waals surface area (Å²) in [5.74, 6) is 0.798. The highest BCUT2D eigenvalue weighted by atomic mass is 16.6. The summed E-state index contributed by atoms with van der Waals surface area (Å²) >= 11 is 0. The third-order valence-corrected chi connectivity index (χ3v) is 12.7. The predicted octanol–water partition coefficient (Wildman–Crippen LogP) is 18.1. The van der Waals surface area contributed by atoms with Crippen LogP contribution in [0, 0.1) is 11.8 Å². The maximum Gasteiger partial charge on any atom is 0.306 e. The van der Waals surface area contributed by atoms with Gasteiger partial charge in [0.25, 0.3) is 0 Å². The van der Waals surface area contributed by atoms with E-state index in [1.165, 1.54) is 199 Å². The van der Waals surface area contributed by atoms with Crippen LogP contribution in [0.2, 0.25) is 0 Å². The number of carbonyl (C=O) groups is 3. The summed E-state index contributed by atoms with van der Waals surface area (Å²) in [6, 6.07) is 0. The number of hydrogen-bond donors (Lipinski definition) is 0. The zero-order chi connectivity index (χ0) is 45.4. The van der Waals surface area contributed by atoms with E-state index in [-0.39, 0.29) is 31.1 Å². The van der Waals surface area contributed by atoms with Gasteiger partial charge in [0.1, 0.15) is 13.2 Å². The molecule has 0 spiro atoms. The van der Waals surface area contributed by atoms with E-state index in [0.717, 1.165) is 69.6 Å². The van der Waals surface area contributed by atoms with Crippen molar-refractivity contribution in [1.29, 1.82) is 0 Å². The Kier molecular flexibility index (Phi) is 47.6. The molecule has 0 rings (SSSR count). The lowest BCUT2D eigenvalue weighted by molar-refractivity contribution is -0.167. The van der Waals surface area contributed by atoms with Crippen LogP contribution in [-0.4, -0.2) is 37.2 Å². The second-order valence-electron chi connectivity index (χ2n) is 20.2. The molecule has 0 bridgehead atoms. The molecule has 0 aromatic rings. The van der Waals surface area contributed by atoms with Gasteiger partial charge in [0.15, 0.2) is 6.10 Å². The highest BCUT2D eigenvalue weighted by Crippen LogP contribution is 2.18. The van der Waals surface area contributed by atoms with Crippen LogP contribution in [0.3, 0.4) is 0 Å². The fourth-order valence-corrected chi connectivity index (χ4v) is 8.52. The molecule has 0 unspecified atom stereocenters. The van der Waals surface area contributed by atoms with Crippen molar-refractivity contribution in [3.8, 4) is 0 Å². The number of carbonyl (C=O) groups excluding carboxylic acids is 3. The van der Waals surface area contributed by atoms with E-state index in [2.05, 4.69) is 34.6 Å². The molecule has 0 fully saturated rings. The summed E-state index contributed by atoms with van der Waals surface area (Å²) in [6.45, 7) is 11.4. The van der Waals surface area contributed by atoms with Crippen LogP contribution < -0.4 is 0 Å². The van der Waals surface area contributed by atoms with Crippen LogP contribution in [0.1, 0.15) is 311 Å². The SMILES string of the molecule is CCCCCCCCCCCCCCCCCCCC(=O)O[C@@H](COC(=O)CCCCCCCCCCCCCCC(C)C)COC(=O)CCCCCCCCCCCC(C)C. The molecule has 368 valence electrons. The molecule has 6 heteroatoms. The van der Waals surface area contributed by atoms with E-state index < -0.39 is 6.10 Å². The summed E-state index contributed by atoms with van der Waals surface area (Å²) in [7, 11) is 0. The topological polar surface area (TPSA) is 78.9 Å². The summed E-state index contributed by atoms with van der Waals surface area (Å²) < 4.78 is 16.9. The van der Waals surface area contributed by atoms with Gasteiger partial charge in [-0.2, -0.15) is 0 Å². The van der Waals surface area contributed by atoms with E-state index in [1.54, 1.807) is 0 Å². The van der Waals surface area contributed by atoms with Crippen LogP contribution in [0.4, 0.5) is 0 Å². The predicted molar refractivity (Wildman–Crippen MR) is 266 cm³/mol. The second-order valence-corrected chi connectivity index (χ2v) is 20.2. The van der Waals surface area contributed by atoms with Gasteiger partial charge in [-0.05, 0) is 31.1 Å². The Bertz CT molecular complexity index is 947. The molecule has 0 heterocycles. The van der Waals surface area contributed by atoms with Crippen molar-refractivity contribution < 1.29 is 28.6 Å². The van der Waals surface area contributed by atoms with Crippen molar-refractivity contribution in [2.75, 3.05) is 13.2 Å². The van der Waals surface area contributed by atoms with Gasteiger partial charge in [-0.25, -0.2) is 0 Å². The lowest BCUT2D eigenvalue weighted by Gasteiger charge is -2.18. The molecular formula is C56H108O6. The molecule has 62 heavy (non-hydrogen) atoms. The molecule has 0 saturated carbocycles. The minimum atomic E-state index is -0.762. The normalized spacial score (nSPS) is 12.0. The van der Waals surface area contributed by atoms with Gasteiger partial charge < -0.3 is 14.2 Å². The summed E-state index contributed by atoms with van der Waals surface area (Å²) in [5, 5.41) is 0. The van der Waals surface area contributed by atoms with E-state index in [4.69, 9.17) is 14.2 Å². The highest BCUT2D eigenvalue weighted by Gasteiger charge is 2.19. The Labute approximate surface area is 387 Å². The molecule has 0 amide bonds. The zero-order valence-corrected chi connectivity index (χ0v) is 42.5. The van der Waals surface area contributed by atoms with Crippen molar-refractivity contribution in [3.63, 3.8) is 0 Å². The standard InChI is InChI=1S/C56H108O6/c1-6-7-8-9-10-11-12-13-14-15-16-17-22-27-33-38-43-48-56(59)62-53(50-61-55(58)47-42-37-32-28-23-25-30-35-40-45-52(4)5)49-60-54(57)46-41-36-31-26-21-19-18-20-24-29-34-39-44-51(2)3/h51-53H,6-50H2,1-5H3/t53-/m0/s1. The Morgan fingerprint density at radius 3 is 0.790 bits per heavy atom. The Morgan fingerprint density at radius 1 is 0.306 bits per heavy atom. The van der Waals surface area contributed by atoms with Gasteiger partial charge in [0.2, 0.25) is 0 Å². The van der Waals surface area contributed by atoms with Gasteiger partial charge in [-0.15, -0.1) is 0 Å². The lowest BCUT2D eigenvalue weighted by atomic mass is 10.0.